The van der Waals surface area contributed by atoms with Crippen molar-refractivity contribution in [2.45, 2.75) is 38.7 Å². The van der Waals surface area contributed by atoms with Crippen LogP contribution in [0.1, 0.15) is 33.1 Å². The number of amides is 1. The molecule has 1 atom stereocenters. The summed E-state index contributed by atoms with van der Waals surface area (Å²) in [7, 11) is 1.65. The number of methoxy groups -OCH3 is 1. The van der Waals surface area contributed by atoms with Crippen LogP contribution in [0.2, 0.25) is 0 Å². The van der Waals surface area contributed by atoms with Gasteiger partial charge in [0.05, 0.1) is 12.0 Å². The van der Waals surface area contributed by atoms with Crippen LogP contribution in [0.25, 0.3) is 0 Å². The molecule has 4 nitrogen and oxygen atoms in total. The minimum Gasteiger partial charge on any atom is -0.378 e. The molecular formula is C12H24N2O2. The minimum atomic E-state index is -0.358. The highest BCUT2D eigenvalue weighted by molar-refractivity contribution is 5.77. The fourth-order valence-corrected chi connectivity index (χ4v) is 2.08. The fourth-order valence-electron chi connectivity index (χ4n) is 2.08. The lowest BCUT2D eigenvalue weighted by Crippen LogP contribution is -2.36. The van der Waals surface area contributed by atoms with Crippen LogP contribution in [0.4, 0.5) is 0 Å². The van der Waals surface area contributed by atoms with E-state index < -0.39 is 0 Å². The average molecular weight is 228 g/mol. The van der Waals surface area contributed by atoms with Gasteiger partial charge in [-0.15, -0.1) is 0 Å². The van der Waals surface area contributed by atoms with Crippen molar-refractivity contribution in [3.05, 3.63) is 0 Å². The van der Waals surface area contributed by atoms with Gasteiger partial charge in [-0.05, 0) is 39.2 Å². The van der Waals surface area contributed by atoms with Gasteiger partial charge in [0, 0.05) is 20.2 Å². The molecule has 0 bridgehead atoms. The van der Waals surface area contributed by atoms with Crippen LogP contribution in [0.5, 0.6) is 0 Å². The molecule has 16 heavy (non-hydrogen) atoms. The van der Waals surface area contributed by atoms with Crippen LogP contribution in [0.3, 0.4) is 0 Å². The largest absolute Gasteiger partial charge is 0.378 e. The molecular weight excluding hydrogens is 204 g/mol. The van der Waals surface area contributed by atoms with E-state index in [1.807, 2.05) is 18.7 Å². The van der Waals surface area contributed by atoms with Crippen molar-refractivity contribution in [1.82, 2.24) is 4.90 Å². The molecule has 1 saturated heterocycles. The van der Waals surface area contributed by atoms with Crippen molar-refractivity contribution in [3.8, 4) is 0 Å². The van der Waals surface area contributed by atoms with Gasteiger partial charge < -0.3 is 15.4 Å². The molecule has 94 valence electrons. The predicted molar refractivity (Wildman–Crippen MR) is 64.1 cm³/mol. The summed E-state index contributed by atoms with van der Waals surface area (Å²) < 4.78 is 5.27. The third-order valence-corrected chi connectivity index (χ3v) is 3.34. The Morgan fingerprint density at radius 3 is 2.81 bits per heavy atom. The number of hydrogen-bond acceptors (Lipinski definition) is 3. The van der Waals surface area contributed by atoms with Gasteiger partial charge >= 0.3 is 0 Å². The first-order chi connectivity index (χ1) is 7.48. The summed E-state index contributed by atoms with van der Waals surface area (Å²) in [5.41, 5.74) is 5.17. The van der Waals surface area contributed by atoms with Crippen LogP contribution in [0.15, 0.2) is 0 Å². The van der Waals surface area contributed by atoms with Crippen molar-refractivity contribution >= 4 is 5.91 Å². The zero-order valence-electron chi connectivity index (χ0n) is 10.7. The summed E-state index contributed by atoms with van der Waals surface area (Å²) in [5, 5.41) is 0. The minimum absolute atomic E-state index is 0.200. The number of hydrogen-bond donors (Lipinski definition) is 1. The Morgan fingerprint density at radius 1 is 1.56 bits per heavy atom. The summed E-state index contributed by atoms with van der Waals surface area (Å²) in [6.45, 7) is 6.35. The van der Waals surface area contributed by atoms with Crippen molar-refractivity contribution in [1.29, 1.82) is 0 Å². The molecule has 0 spiro atoms. The van der Waals surface area contributed by atoms with E-state index in [1.54, 1.807) is 7.11 Å². The molecule has 4 heteroatoms. The molecule has 1 fully saturated rings. The highest BCUT2D eigenvalue weighted by Crippen LogP contribution is 2.22. The SMILES string of the molecule is COC(C)(C)CC(=O)N1CCC(CCN)C1. The van der Waals surface area contributed by atoms with E-state index in [4.69, 9.17) is 10.5 Å². The lowest BCUT2D eigenvalue weighted by Gasteiger charge is -2.25. The van der Waals surface area contributed by atoms with Gasteiger partial charge in [-0.3, -0.25) is 4.79 Å². The zero-order chi connectivity index (χ0) is 12.2. The summed E-state index contributed by atoms with van der Waals surface area (Å²) in [6.07, 6.45) is 2.58. The maximum absolute atomic E-state index is 12.0. The molecule has 1 unspecified atom stereocenters. The van der Waals surface area contributed by atoms with E-state index in [2.05, 4.69) is 0 Å². The average Bonchev–Trinajstić information content (AvgIpc) is 2.66. The Labute approximate surface area is 98.1 Å². The Kier molecular flexibility index (Phi) is 4.74. The molecule has 1 amide bonds. The van der Waals surface area contributed by atoms with E-state index >= 15 is 0 Å². The first-order valence-electron chi connectivity index (χ1n) is 6.01. The van der Waals surface area contributed by atoms with Crippen molar-refractivity contribution < 1.29 is 9.53 Å². The second-order valence-corrected chi connectivity index (χ2v) is 5.21. The molecule has 1 rings (SSSR count). The molecule has 0 aromatic carbocycles. The Hall–Kier alpha value is -0.610. The molecule has 0 aromatic rings. The third kappa shape index (κ3) is 3.76. The molecule has 0 aromatic heterocycles. The summed E-state index contributed by atoms with van der Waals surface area (Å²) >= 11 is 0. The number of carbonyl (C=O) groups is 1. The Morgan fingerprint density at radius 2 is 2.25 bits per heavy atom. The van der Waals surface area contributed by atoms with Gasteiger partial charge in [0.15, 0.2) is 0 Å². The maximum atomic E-state index is 12.0. The lowest BCUT2D eigenvalue weighted by molar-refractivity contribution is -0.135. The first kappa shape index (κ1) is 13.5. The van der Waals surface area contributed by atoms with Gasteiger partial charge in [0.25, 0.3) is 0 Å². The fraction of sp³-hybridized carbons (Fsp3) is 0.917. The van der Waals surface area contributed by atoms with Crippen LogP contribution in [0, 0.1) is 5.92 Å². The normalized spacial score (nSPS) is 21.5. The zero-order valence-corrected chi connectivity index (χ0v) is 10.7. The summed E-state index contributed by atoms with van der Waals surface area (Å²) in [4.78, 5) is 13.9. The van der Waals surface area contributed by atoms with Gasteiger partial charge in [-0.25, -0.2) is 0 Å². The second-order valence-electron chi connectivity index (χ2n) is 5.21. The highest BCUT2D eigenvalue weighted by atomic mass is 16.5. The van der Waals surface area contributed by atoms with Gasteiger partial charge in [0.2, 0.25) is 5.91 Å². The van der Waals surface area contributed by atoms with Gasteiger partial charge in [-0.2, -0.15) is 0 Å². The number of nitrogens with two attached hydrogens (primary N) is 1. The number of nitrogens with zero attached hydrogens (tertiary/aromatic N) is 1. The number of carbonyl (C=O) groups excluding carboxylic acids is 1. The van der Waals surface area contributed by atoms with Crippen LogP contribution in [-0.4, -0.2) is 43.2 Å². The second kappa shape index (κ2) is 5.64. The van der Waals surface area contributed by atoms with E-state index in [9.17, 15) is 4.79 Å². The molecule has 1 aliphatic heterocycles. The van der Waals surface area contributed by atoms with Crippen LogP contribution < -0.4 is 5.73 Å². The maximum Gasteiger partial charge on any atom is 0.225 e. The van der Waals surface area contributed by atoms with Crippen molar-refractivity contribution in [2.75, 3.05) is 26.7 Å². The first-order valence-corrected chi connectivity index (χ1v) is 6.01. The monoisotopic (exact) mass is 228 g/mol. The molecule has 2 N–H and O–H groups in total. The standard InChI is InChI=1S/C12H24N2O2/c1-12(2,16-3)8-11(15)14-7-5-10(9-14)4-6-13/h10H,4-9,13H2,1-3H3. The predicted octanol–water partition coefficient (Wildman–Crippen LogP) is 0.999. The summed E-state index contributed by atoms with van der Waals surface area (Å²) in [5.74, 6) is 0.797. The van der Waals surface area contributed by atoms with Crippen LogP contribution >= 0.6 is 0 Å². The molecule has 0 saturated carbocycles. The summed E-state index contributed by atoms with van der Waals surface area (Å²) in [6, 6.07) is 0. The lowest BCUT2D eigenvalue weighted by atomic mass is 10.0. The third-order valence-electron chi connectivity index (χ3n) is 3.34. The quantitative estimate of drug-likeness (QED) is 0.763. The Balaban J connectivity index is 2.39. The van der Waals surface area contributed by atoms with Gasteiger partial charge in [-0.1, -0.05) is 0 Å². The van der Waals surface area contributed by atoms with E-state index in [1.165, 1.54) is 0 Å². The van der Waals surface area contributed by atoms with E-state index in [-0.39, 0.29) is 11.5 Å². The Bertz CT molecular complexity index is 241. The number of ether oxygens (including phenoxy) is 1. The molecule has 0 aliphatic carbocycles. The molecule has 0 radical (unpaired) electrons. The molecule has 1 heterocycles. The topological polar surface area (TPSA) is 55.6 Å². The number of likely N-dealkylation sites (tertiary alicyclic amines) is 1. The smallest absolute Gasteiger partial charge is 0.225 e. The van der Waals surface area contributed by atoms with E-state index in [0.29, 0.717) is 12.3 Å². The van der Waals surface area contributed by atoms with Crippen molar-refractivity contribution in [2.24, 2.45) is 11.7 Å². The van der Waals surface area contributed by atoms with Gasteiger partial charge in [0.1, 0.15) is 0 Å². The number of rotatable bonds is 5. The van der Waals surface area contributed by atoms with Crippen molar-refractivity contribution in [3.63, 3.8) is 0 Å². The molecule has 1 aliphatic rings. The highest BCUT2D eigenvalue weighted by Gasteiger charge is 2.29. The van der Waals surface area contributed by atoms with Crippen LogP contribution in [-0.2, 0) is 9.53 Å². The van der Waals surface area contributed by atoms with E-state index in [0.717, 1.165) is 32.5 Å².